The zero-order valence-corrected chi connectivity index (χ0v) is 20.9. The van der Waals surface area contributed by atoms with Crippen LogP contribution in [0.25, 0.3) is 17.0 Å². The Balaban J connectivity index is 1.19. The summed E-state index contributed by atoms with van der Waals surface area (Å²) in [6, 6.07) is 16.0. The standard InChI is InChI=1S/C28H32N4O4/c1-34-24-11-10-22(17-25(24)35-2)27-29-26(36-30-27)19-31-14-6-9-23(18-31)28(33)32-15-12-21(13-16-32)20-7-4-3-5-8-20/h3-5,7-8,10-12,17,23H,6,9,13-16,18-19H2,1-2H3. The lowest BCUT2D eigenvalue weighted by Gasteiger charge is -2.35. The molecule has 5 rings (SSSR count). The summed E-state index contributed by atoms with van der Waals surface area (Å²) in [7, 11) is 3.20. The van der Waals surface area contributed by atoms with Gasteiger partial charge in [0.15, 0.2) is 11.5 Å². The molecule has 1 amide bonds. The molecule has 2 aliphatic rings. The smallest absolute Gasteiger partial charge is 0.241 e. The third-order valence-electron chi connectivity index (χ3n) is 6.99. The maximum Gasteiger partial charge on any atom is 0.241 e. The SMILES string of the molecule is COc1ccc(-c2noc(CN3CCCC(C(=O)N4CC=C(c5ccccc5)CC4)C3)n2)cc1OC. The van der Waals surface area contributed by atoms with Crippen LogP contribution in [-0.4, -0.2) is 66.2 Å². The fourth-order valence-corrected chi connectivity index (χ4v) is 5.05. The fourth-order valence-electron chi connectivity index (χ4n) is 5.05. The number of carbonyl (C=O) groups excluding carboxylic acids is 1. The van der Waals surface area contributed by atoms with Crippen LogP contribution in [0, 0.1) is 5.92 Å². The maximum atomic E-state index is 13.3. The Morgan fingerprint density at radius 1 is 1.06 bits per heavy atom. The van der Waals surface area contributed by atoms with Crippen LogP contribution in [0.15, 0.2) is 59.1 Å². The summed E-state index contributed by atoms with van der Waals surface area (Å²) < 4.78 is 16.2. The minimum absolute atomic E-state index is 0.00123. The molecule has 2 aromatic carbocycles. The number of hydrogen-bond donors (Lipinski definition) is 0. The molecule has 1 fully saturated rings. The zero-order chi connectivity index (χ0) is 24.9. The van der Waals surface area contributed by atoms with E-state index in [0.717, 1.165) is 37.9 Å². The molecule has 8 heteroatoms. The van der Waals surface area contributed by atoms with Gasteiger partial charge in [-0.3, -0.25) is 9.69 Å². The quantitative estimate of drug-likeness (QED) is 0.491. The molecule has 0 bridgehead atoms. The van der Waals surface area contributed by atoms with Crippen molar-refractivity contribution in [3.8, 4) is 22.9 Å². The van der Waals surface area contributed by atoms with Gasteiger partial charge in [-0.15, -0.1) is 0 Å². The molecule has 8 nitrogen and oxygen atoms in total. The molecule has 0 spiro atoms. The van der Waals surface area contributed by atoms with Crippen molar-refractivity contribution in [3.63, 3.8) is 0 Å². The average molecular weight is 489 g/mol. The van der Waals surface area contributed by atoms with E-state index >= 15 is 0 Å². The first kappa shape index (κ1) is 24.1. The number of aromatic nitrogens is 2. The molecule has 36 heavy (non-hydrogen) atoms. The minimum atomic E-state index is -0.00123. The number of carbonyl (C=O) groups is 1. The van der Waals surface area contributed by atoms with Gasteiger partial charge in [-0.2, -0.15) is 4.98 Å². The van der Waals surface area contributed by atoms with E-state index in [2.05, 4.69) is 45.4 Å². The van der Waals surface area contributed by atoms with Crippen LogP contribution in [0.5, 0.6) is 11.5 Å². The van der Waals surface area contributed by atoms with Gasteiger partial charge in [0.25, 0.3) is 0 Å². The predicted molar refractivity (Wildman–Crippen MR) is 136 cm³/mol. The monoisotopic (exact) mass is 488 g/mol. The lowest BCUT2D eigenvalue weighted by Crippen LogP contribution is -2.45. The molecular weight excluding hydrogens is 456 g/mol. The fraction of sp³-hybridized carbons (Fsp3) is 0.393. The second kappa shape index (κ2) is 11.0. The van der Waals surface area contributed by atoms with E-state index in [4.69, 9.17) is 14.0 Å². The van der Waals surface area contributed by atoms with Crippen LogP contribution in [0.2, 0.25) is 0 Å². The summed E-state index contributed by atoms with van der Waals surface area (Å²) in [5.74, 6) is 2.56. The number of rotatable bonds is 7. The summed E-state index contributed by atoms with van der Waals surface area (Å²) in [6.45, 7) is 3.60. The summed E-state index contributed by atoms with van der Waals surface area (Å²) in [5.41, 5.74) is 3.37. The molecular formula is C28H32N4O4. The van der Waals surface area contributed by atoms with E-state index in [1.807, 2.05) is 29.2 Å². The zero-order valence-electron chi connectivity index (χ0n) is 20.9. The van der Waals surface area contributed by atoms with E-state index in [9.17, 15) is 4.79 Å². The molecule has 0 radical (unpaired) electrons. The number of benzene rings is 2. The molecule has 2 aliphatic heterocycles. The molecule has 1 unspecified atom stereocenters. The third kappa shape index (κ3) is 5.28. The molecule has 3 heterocycles. The molecule has 3 aromatic rings. The van der Waals surface area contributed by atoms with Crippen molar-refractivity contribution in [1.29, 1.82) is 0 Å². The lowest BCUT2D eigenvalue weighted by molar-refractivity contribution is -0.137. The first-order chi connectivity index (χ1) is 17.6. The van der Waals surface area contributed by atoms with E-state index in [1.54, 1.807) is 14.2 Å². The van der Waals surface area contributed by atoms with Gasteiger partial charge >= 0.3 is 0 Å². The van der Waals surface area contributed by atoms with Crippen LogP contribution in [0.1, 0.15) is 30.7 Å². The maximum absolute atomic E-state index is 13.3. The van der Waals surface area contributed by atoms with Crippen LogP contribution in [0.4, 0.5) is 0 Å². The number of ether oxygens (including phenoxy) is 2. The number of amides is 1. The highest BCUT2D eigenvalue weighted by Crippen LogP contribution is 2.31. The van der Waals surface area contributed by atoms with Crippen molar-refractivity contribution < 1.29 is 18.8 Å². The van der Waals surface area contributed by atoms with Crippen molar-refractivity contribution in [2.45, 2.75) is 25.8 Å². The number of methoxy groups -OCH3 is 2. The molecule has 188 valence electrons. The van der Waals surface area contributed by atoms with Crippen molar-refractivity contribution in [2.75, 3.05) is 40.4 Å². The Morgan fingerprint density at radius 3 is 2.64 bits per heavy atom. The van der Waals surface area contributed by atoms with Gasteiger partial charge in [-0.25, -0.2) is 0 Å². The van der Waals surface area contributed by atoms with E-state index in [-0.39, 0.29) is 11.8 Å². The Kier molecular flexibility index (Phi) is 7.32. The Bertz CT molecular complexity index is 1220. The van der Waals surface area contributed by atoms with Gasteiger partial charge in [0.05, 0.1) is 26.7 Å². The van der Waals surface area contributed by atoms with Crippen molar-refractivity contribution in [3.05, 3.63) is 66.1 Å². The highest BCUT2D eigenvalue weighted by atomic mass is 16.5. The highest BCUT2D eigenvalue weighted by molar-refractivity contribution is 5.81. The molecule has 0 saturated carbocycles. The van der Waals surface area contributed by atoms with Gasteiger partial charge in [-0.1, -0.05) is 41.6 Å². The van der Waals surface area contributed by atoms with Gasteiger partial charge in [0.1, 0.15) is 0 Å². The summed E-state index contributed by atoms with van der Waals surface area (Å²) in [5, 5.41) is 4.15. The summed E-state index contributed by atoms with van der Waals surface area (Å²) in [4.78, 5) is 22.1. The number of nitrogens with zero attached hydrogens (tertiary/aromatic N) is 4. The molecule has 0 aliphatic carbocycles. The molecule has 1 saturated heterocycles. The van der Waals surface area contributed by atoms with Crippen LogP contribution >= 0.6 is 0 Å². The van der Waals surface area contributed by atoms with Crippen LogP contribution in [0.3, 0.4) is 0 Å². The average Bonchev–Trinajstić information content (AvgIpc) is 3.41. The third-order valence-corrected chi connectivity index (χ3v) is 6.99. The number of hydrogen-bond acceptors (Lipinski definition) is 7. The lowest BCUT2D eigenvalue weighted by atomic mass is 9.94. The second-order valence-electron chi connectivity index (χ2n) is 9.29. The van der Waals surface area contributed by atoms with E-state index < -0.39 is 0 Å². The van der Waals surface area contributed by atoms with E-state index in [0.29, 0.717) is 42.8 Å². The highest BCUT2D eigenvalue weighted by Gasteiger charge is 2.30. The van der Waals surface area contributed by atoms with Crippen molar-refractivity contribution >= 4 is 11.5 Å². The van der Waals surface area contributed by atoms with Crippen LogP contribution < -0.4 is 9.47 Å². The van der Waals surface area contributed by atoms with Gasteiger partial charge < -0.3 is 18.9 Å². The normalized spacial score (nSPS) is 18.6. The van der Waals surface area contributed by atoms with Crippen molar-refractivity contribution in [2.24, 2.45) is 5.92 Å². The number of likely N-dealkylation sites (tertiary alicyclic amines) is 1. The molecule has 1 atom stereocenters. The minimum Gasteiger partial charge on any atom is -0.493 e. The first-order valence-corrected chi connectivity index (χ1v) is 12.4. The largest absolute Gasteiger partial charge is 0.493 e. The van der Waals surface area contributed by atoms with Gasteiger partial charge in [0, 0.05) is 25.2 Å². The number of piperidine rings is 1. The summed E-state index contributed by atoms with van der Waals surface area (Å²) >= 11 is 0. The molecule has 0 N–H and O–H groups in total. The second-order valence-corrected chi connectivity index (χ2v) is 9.29. The Labute approximate surface area is 211 Å². The van der Waals surface area contributed by atoms with Gasteiger partial charge in [-0.05, 0) is 55.1 Å². The topological polar surface area (TPSA) is 80.9 Å². The van der Waals surface area contributed by atoms with Crippen molar-refractivity contribution in [1.82, 2.24) is 19.9 Å². The van der Waals surface area contributed by atoms with E-state index in [1.165, 1.54) is 11.1 Å². The van der Waals surface area contributed by atoms with Gasteiger partial charge in [0.2, 0.25) is 17.6 Å². The predicted octanol–water partition coefficient (Wildman–Crippen LogP) is 4.28. The van der Waals surface area contributed by atoms with Crippen LogP contribution in [-0.2, 0) is 11.3 Å². The summed E-state index contributed by atoms with van der Waals surface area (Å²) in [6.07, 6.45) is 4.99. The first-order valence-electron chi connectivity index (χ1n) is 12.4. The Morgan fingerprint density at radius 2 is 1.89 bits per heavy atom. The Hall–Kier alpha value is -3.65. The molecule has 1 aromatic heterocycles.